The van der Waals surface area contributed by atoms with Crippen molar-refractivity contribution < 1.29 is 9.50 Å². The highest BCUT2D eigenvalue weighted by Gasteiger charge is 2.29. The molecule has 23 heavy (non-hydrogen) atoms. The van der Waals surface area contributed by atoms with Crippen LogP contribution in [0.2, 0.25) is 5.02 Å². The van der Waals surface area contributed by atoms with Gasteiger partial charge in [-0.05, 0) is 34.9 Å². The van der Waals surface area contributed by atoms with Crippen molar-refractivity contribution in [3.05, 3.63) is 93.2 Å². The molecule has 0 aliphatic carbocycles. The van der Waals surface area contributed by atoms with E-state index in [0.717, 1.165) is 6.20 Å². The van der Waals surface area contributed by atoms with Crippen LogP contribution in [-0.4, -0.2) is 16.1 Å². The van der Waals surface area contributed by atoms with Gasteiger partial charge in [0.25, 0.3) is 0 Å². The fourth-order valence-electron chi connectivity index (χ4n) is 2.28. The van der Waals surface area contributed by atoms with Gasteiger partial charge >= 0.3 is 0 Å². The molecule has 0 fully saturated rings. The van der Waals surface area contributed by atoms with E-state index in [1.165, 1.54) is 12.3 Å². The Morgan fingerprint density at radius 2 is 2.09 bits per heavy atom. The Bertz CT molecular complexity index is 796. The molecule has 2 rings (SSSR count). The van der Waals surface area contributed by atoms with E-state index in [4.69, 9.17) is 17.1 Å². The van der Waals surface area contributed by atoms with Crippen LogP contribution < -0.4 is 0 Å². The predicted molar refractivity (Wildman–Crippen MR) is 85.7 cm³/mol. The number of hydrogen-bond donors (Lipinski definition) is 1. The van der Waals surface area contributed by atoms with Crippen molar-refractivity contribution in [2.75, 3.05) is 0 Å². The largest absolute Gasteiger partial charge is 0.504 e. The van der Waals surface area contributed by atoms with Crippen LogP contribution in [0, 0.1) is 5.82 Å². The van der Waals surface area contributed by atoms with E-state index in [2.05, 4.69) is 27.3 Å². The van der Waals surface area contributed by atoms with E-state index < -0.39 is 17.8 Å². The van der Waals surface area contributed by atoms with Gasteiger partial charge in [0, 0.05) is 22.0 Å². The average Bonchev–Trinajstić information content (AvgIpc) is 2.56. The van der Waals surface area contributed by atoms with Crippen LogP contribution in [-0.2, 0) is 0 Å². The first kappa shape index (κ1) is 16.6. The lowest BCUT2D eigenvalue weighted by Gasteiger charge is -2.23. The monoisotopic (exact) mass is 330 g/mol. The number of aliphatic hydroxyl groups is 1. The van der Waals surface area contributed by atoms with Gasteiger partial charge in [0.05, 0.1) is 6.20 Å². The molecule has 1 N–H and O–H groups in total. The van der Waals surface area contributed by atoms with Crippen molar-refractivity contribution >= 4 is 11.6 Å². The van der Waals surface area contributed by atoms with Crippen molar-refractivity contribution in [3.63, 3.8) is 0 Å². The molecule has 5 nitrogen and oxygen atoms in total. The second-order valence-corrected chi connectivity index (χ2v) is 5.07. The van der Waals surface area contributed by atoms with Gasteiger partial charge in [-0.25, -0.2) is 4.39 Å². The van der Waals surface area contributed by atoms with Gasteiger partial charge in [0.15, 0.2) is 0 Å². The van der Waals surface area contributed by atoms with Crippen LogP contribution in [0.3, 0.4) is 0 Å². The second kappa shape index (κ2) is 7.47. The highest BCUT2D eigenvalue weighted by atomic mass is 35.5. The molecule has 0 aliphatic rings. The van der Waals surface area contributed by atoms with Gasteiger partial charge in [-0.3, -0.25) is 4.98 Å². The Kier molecular flexibility index (Phi) is 5.39. The number of aromatic nitrogens is 1. The first-order valence-corrected chi connectivity index (χ1v) is 6.94. The molecule has 0 saturated carbocycles. The van der Waals surface area contributed by atoms with Crippen LogP contribution >= 0.6 is 11.6 Å². The number of aliphatic hydroxyl groups excluding tert-OH is 1. The first-order valence-electron chi connectivity index (χ1n) is 6.56. The quantitative estimate of drug-likeness (QED) is 0.278. The minimum absolute atomic E-state index is 0.224. The molecule has 0 aliphatic heterocycles. The highest BCUT2D eigenvalue weighted by molar-refractivity contribution is 6.30. The molecular formula is C16H12ClFN4O. The fourth-order valence-corrected chi connectivity index (χ4v) is 2.41. The topological polar surface area (TPSA) is 81.9 Å². The molecule has 0 bridgehead atoms. The second-order valence-electron chi connectivity index (χ2n) is 4.64. The zero-order chi connectivity index (χ0) is 16.8. The maximum Gasteiger partial charge on any atom is 0.145 e. The predicted octanol–water partition coefficient (Wildman–Crippen LogP) is 4.91. The standard InChI is InChI=1S/C16H12ClFN4O/c1-2-14(23)16(21-22-19)15(10-3-5-11(17)6-4-10)12-7-8-20-9-13(12)18/h3-9,15-16,23H,1H2/t15-,16+/m0/s1. The highest BCUT2D eigenvalue weighted by Crippen LogP contribution is 2.34. The molecule has 1 heterocycles. The summed E-state index contributed by atoms with van der Waals surface area (Å²) >= 11 is 5.88. The summed E-state index contributed by atoms with van der Waals surface area (Å²) in [5.74, 6) is -1.73. The SMILES string of the molecule is C=C=C(O)[C@@H](N=[N+]=[N-])[C@@H](c1ccc(Cl)cc1)c1ccncc1F. The summed E-state index contributed by atoms with van der Waals surface area (Å²) in [6.07, 6.45) is 2.48. The van der Waals surface area contributed by atoms with Crippen molar-refractivity contribution in [3.8, 4) is 0 Å². The molecular weight excluding hydrogens is 319 g/mol. The lowest BCUT2D eigenvalue weighted by Crippen LogP contribution is -2.21. The van der Waals surface area contributed by atoms with E-state index in [0.29, 0.717) is 10.6 Å². The number of nitrogens with zero attached hydrogens (tertiary/aromatic N) is 4. The molecule has 0 saturated heterocycles. The van der Waals surface area contributed by atoms with Crippen LogP contribution in [0.15, 0.2) is 65.9 Å². The Balaban J connectivity index is 2.68. The van der Waals surface area contributed by atoms with E-state index in [1.807, 2.05) is 0 Å². The summed E-state index contributed by atoms with van der Waals surface area (Å²) in [6.45, 7) is 3.35. The Morgan fingerprint density at radius 3 is 2.65 bits per heavy atom. The summed E-state index contributed by atoms with van der Waals surface area (Å²) in [6, 6.07) is 6.96. The van der Waals surface area contributed by atoms with Crippen molar-refractivity contribution in [2.24, 2.45) is 5.11 Å². The van der Waals surface area contributed by atoms with Gasteiger partial charge < -0.3 is 5.11 Å². The number of rotatable bonds is 5. The normalized spacial score (nSPS) is 12.6. The summed E-state index contributed by atoms with van der Waals surface area (Å²) in [4.78, 5) is 6.45. The Hall–Kier alpha value is -2.78. The van der Waals surface area contributed by atoms with Gasteiger partial charge in [-0.1, -0.05) is 41.2 Å². The van der Waals surface area contributed by atoms with Gasteiger partial charge in [0.1, 0.15) is 17.6 Å². The molecule has 0 radical (unpaired) electrons. The molecule has 0 amide bonds. The van der Waals surface area contributed by atoms with Crippen LogP contribution in [0.5, 0.6) is 0 Å². The van der Waals surface area contributed by atoms with Crippen LogP contribution in [0.4, 0.5) is 4.39 Å². The van der Waals surface area contributed by atoms with E-state index in [1.54, 1.807) is 24.3 Å². The Labute approximate surface area is 137 Å². The third kappa shape index (κ3) is 3.71. The van der Waals surface area contributed by atoms with Crippen LogP contribution in [0.1, 0.15) is 17.0 Å². The number of hydrogen-bond acceptors (Lipinski definition) is 3. The van der Waals surface area contributed by atoms with Crippen molar-refractivity contribution in [1.29, 1.82) is 0 Å². The molecule has 0 unspecified atom stereocenters. The lowest BCUT2D eigenvalue weighted by atomic mass is 9.84. The maximum absolute atomic E-state index is 14.2. The van der Waals surface area contributed by atoms with E-state index >= 15 is 0 Å². The summed E-state index contributed by atoms with van der Waals surface area (Å²) in [5, 5.41) is 14.1. The van der Waals surface area contributed by atoms with E-state index in [9.17, 15) is 9.50 Å². The Morgan fingerprint density at radius 1 is 1.39 bits per heavy atom. The van der Waals surface area contributed by atoms with Gasteiger partial charge in [0.2, 0.25) is 0 Å². The number of halogens is 2. The smallest absolute Gasteiger partial charge is 0.145 e. The minimum Gasteiger partial charge on any atom is -0.504 e. The van der Waals surface area contributed by atoms with Gasteiger partial charge in [-0.2, -0.15) is 0 Å². The molecule has 2 aromatic rings. The van der Waals surface area contributed by atoms with Gasteiger partial charge in [-0.15, -0.1) is 0 Å². The molecule has 1 aromatic heterocycles. The molecule has 116 valence electrons. The summed E-state index contributed by atoms with van der Waals surface area (Å²) in [7, 11) is 0. The fraction of sp³-hybridized carbons (Fsp3) is 0.125. The summed E-state index contributed by atoms with van der Waals surface area (Å²) in [5.41, 5.74) is 11.9. The van der Waals surface area contributed by atoms with Crippen molar-refractivity contribution in [2.45, 2.75) is 12.0 Å². The minimum atomic E-state index is -1.10. The number of benzene rings is 1. The van der Waals surface area contributed by atoms with Crippen molar-refractivity contribution in [1.82, 2.24) is 4.98 Å². The third-order valence-corrected chi connectivity index (χ3v) is 3.57. The summed E-state index contributed by atoms with van der Waals surface area (Å²) < 4.78 is 14.2. The molecule has 0 spiro atoms. The molecule has 1 aromatic carbocycles. The number of azide groups is 1. The molecule has 2 atom stereocenters. The number of pyridine rings is 1. The maximum atomic E-state index is 14.2. The zero-order valence-electron chi connectivity index (χ0n) is 11.9. The van der Waals surface area contributed by atoms with Crippen LogP contribution in [0.25, 0.3) is 10.4 Å². The average molecular weight is 331 g/mol. The molecule has 7 heteroatoms. The third-order valence-electron chi connectivity index (χ3n) is 3.32. The first-order chi connectivity index (χ1) is 11.1. The van der Waals surface area contributed by atoms with E-state index in [-0.39, 0.29) is 11.3 Å². The lowest BCUT2D eigenvalue weighted by molar-refractivity contribution is 0.354. The zero-order valence-corrected chi connectivity index (χ0v) is 12.7.